The van der Waals surface area contributed by atoms with Gasteiger partial charge < -0.3 is 19.5 Å². The molecule has 2 aromatic rings. The van der Waals surface area contributed by atoms with Gasteiger partial charge in [0.2, 0.25) is 0 Å². The number of carbonyl (C=O) groups is 1. The minimum absolute atomic E-state index is 0.124. The Kier molecular flexibility index (Phi) is 6.60. The van der Waals surface area contributed by atoms with Gasteiger partial charge in [-0.1, -0.05) is 15.9 Å². The largest absolute Gasteiger partial charge is 0.497 e. The molecule has 0 saturated heterocycles. The van der Waals surface area contributed by atoms with Gasteiger partial charge in [0.25, 0.3) is 5.91 Å². The standard InChI is InChI=1S/C17H17BrN2O4S/c1-22-11-5-7-15(24-3)13(9-11)19-17(25)20-16(21)12-8-10(18)4-6-14(12)23-2/h4-9H,1-3H3,(H2,19,20,21,25). The Hall–Kier alpha value is -2.32. The van der Waals surface area contributed by atoms with Crippen LogP contribution in [0.1, 0.15) is 10.4 Å². The summed E-state index contributed by atoms with van der Waals surface area (Å²) in [6.07, 6.45) is 0. The molecule has 2 aromatic carbocycles. The van der Waals surface area contributed by atoms with Gasteiger partial charge in [-0.15, -0.1) is 0 Å². The lowest BCUT2D eigenvalue weighted by Gasteiger charge is -2.14. The maximum atomic E-state index is 12.5. The van der Waals surface area contributed by atoms with E-state index in [2.05, 4.69) is 26.6 Å². The molecule has 0 fully saturated rings. The molecule has 0 saturated carbocycles. The van der Waals surface area contributed by atoms with Gasteiger partial charge >= 0.3 is 0 Å². The number of hydrogen-bond acceptors (Lipinski definition) is 5. The van der Waals surface area contributed by atoms with E-state index >= 15 is 0 Å². The summed E-state index contributed by atoms with van der Waals surface area (Å²) in [5, 5.41) is 5.67. The highest BCUT2D eigenvalue weighted by atomic mass is 79.9. The van der Waals surface area contributed by atoms with Crippen LogP contribution in [-0.4, -0.2) is 32.3 Å². The molecule has 6 nitrogen and oxygen atoms in total. The van der Waals surface area contributed by atoms with Crippen molar-refractivity contribution in [3.8, 4) is 17.2 Å². The Labute approximate surface area is 159 Å². The lowest BCUT2D eigenvalue weighted by Crippen LogP contribution is -2.34. The molecule has 1 amide bonds. The lowest BCUT2D eigenvalue weighted by atomic mass is 10.2. The van der Waals surface area contributed by atoms with E-state index < -0.39 is 5.91 Å². The molecule has 0 aliphatic carbocycles. The number of benzene rings is 2. The third-order valence-corrected chi connectivity index (χ3v) is 3.99. The van der Waals surface area contributed by atoms with Crippen molar-refractivity contribution in [1.82, 2.24) is 5.32 Å². The van der Waals surface area contributed by atoms with Crippen molar-refractivity contribution in [2.75, 3.05) is 26.6 Å². The van der Waals surface area contributed by atoms with Crippen molar-refractivity contribution >= 4 is 44.9 Å². The maximum absolute atomic E-state index is 12.5. The van der Waals surface area contributed by atoms with E-state index in [1.807, 2.05) is 0 Å². The van der Waals surface area contributed by atoms with Gasteiger partial charge in [-0.3, -0.25) is 10.1 Å². The van der Waals surface area contributed by atoms with Crippen molar-refractivity contribution in [1.29, 1.82) is 0 Å². The summed E-state index contributed by atoms with van der Waals surface area (Å²) in [6, 6.07) is 10.4. The molecule has 0 aliphatic rings. The molecule has 0 atom stereocenters. The Balaban J connectivity index is 2.15. The zero-order chi connectivity index (χ0) is 18.4. The molecular weight excluding hydrogens is 408 g/mol. The average Bonchev–Trinajstić information content (AvgIpc) is 2.61. The molecule has 0 radical (unpaired) electrons. The van der Waals surface area contributed by atoms with E-state index in [9.17, 15) is 4.79 Å². The van der Waals surface area contributed by atoms with E-state index in [1.165, 1.54) is 7.11 Å². The van der Waals surface area contributed by atoms with Crippen LogP contribution in [0, 0.1) is 0 Å². The van der Waals surface area contributed by atoms with Crippen LogP contribution >= 0.6 is 28.1 Å². The SMILES string of the molecule is COc1ccc(OC)c(NC(=S)NC(=O)c2cc(Br)ccc2OC)c1. The number of rotatable bonds is 5. The van der Waals surface area contributed by atoms with Crippen molar-refractivity contribution in [3.05, 3.63) is 46.4 Å². The summed E-state index contributed by atoms with van der Waals surface area (Å²) in [5.41, 5.74) is 0.937. The molecule has 25 heavy (non-hydrogen) atoms. The third kappa shape index (κ3) is 4.83. The third-order valence-electron chi connectivity index (χ3n) is 3.29. The highest BCUT2D eigenvalue weighted by molar-refractivity contribution is 9.10. The van der Waals surface area contributed by atoms with Crippen molar-refractivity contribution in [3.63, 3.8) is 0 Å². The Morgan fingerprint density at radius 1 is 1.00 bits per heavy atom. The molecule has 0 aliphatic heterocycles. The summed E-state index contributed by atoms with van der Waals surface area (Å²) >= 11 is 8.55. The van der Waals surface area contributed by atoms with Gasteiger partial charge in [0.05, 0.1) is 32.6 Å². The van der Waals surface area contributed by atoms with E-state index in [0.29, 0.717) is 28.5 Å². The van der Waals surface area contributed by atoms with Crippen LogP contribution in [0.3, 0.4) is 0 Å². The molecule has 2 rings (SSSR count). The molecule has 0 aromatic heterocycles. The molecule has 0 heterocycles. The van der Waals surface area contributed by atoms with E-state index in [1.54, 1.807) is 50.6 Å². The van der Waals surface area contributed by atoms with Crippen LogP contribution < -0.4 is 24.8 Å². The van der Waals surface area contributed by atoms with Crippen molar-refractivity contribution in [2.45, 2.75) is 0 Å². The maximum Gasteiger partial charge on any atom is 0.261 e. The van der Waals surface area contributed by atoms with Crippen LogP contribution in [0.2, 0.25) is 0 Å². The minimum Gasteiger partial charge on any atom is -0.497 e. The van der Waals surface area contributed by atoms with Gasteiger partial charge in [-0.25, -0.2) is 0 Å². The first-order valence-corrected chi connectivity index (χ1v) is 8.36. The van der Waals surface area contributed by atoms with E-state index in [-0.39, 0.29) is 5.11 Å². The second kappa shape index (κ2) is 8.68. The predicted octanol–water partition coefficient (Wildman–Crippen LogP) is 3.60. The molecule has 0 bridgehead atoms. The first kappa shape index (κ1) is 19.0. The summed E-state index contributed by atoms with van der Waals surface area (Å²) in [5.74, 6) is 1.25. The predicted molar refractivity (Wildman–Crippen MR) is 104 cm³/mol. The second-order valence-electron chi connectivity index (χ2n) is 4.82. The molecule has 8 heteroatoms. The van der Waals surface area contributed by atoms with Crippen LogP contribution in [0.25, 0.3) is 0 Å². The van der Waals surface area contributed by atoms with Crippen molar-refractivity contribution in [2.24, 2.45) is 0 Å². The number of hydrogen-bond donors (Lipinski definition) is 2. The zero-order valence-electron chi connectivity index (χ0n) is 13.9. The van der Waals surface area contributed by atoms with Gasteiger partial charge in [-0.2, -0.15) is 0 Å². The van der Waals surface area contributed by atoms with Gasteiger partial charge in [-0.05, 0) is 42.5 Å². The highest BCUT2D eigenvalue weighted by Crippen LogP contribution is 2.29. The Morgan fingerprint density at radius 3 is 2.32 bits per heavy atom. The van der Waals surface area contributed by atoms with Gasteiger partial charge in [0.1, 0.15) is 17.2 Å². The number of nitrogens with one attached hydrogen (secondary N) is 2. The summed E-state index contributed by atoms with van der Waals surface area (Å²) in [4.78, 5) is 12.5. The summed E-state index contributed by atoms with van der Waals surface area (Å²) in [6.45, 7) is 0. The number of carbonyl (C=O) groups excluding carboxylic acids is 1. The number of ether oxygens (including phenoxy) is 3. The topological polar surface area (TPSA) is 68.8 Å². The fourth-order valence-corrected chi connectivity index (χ4v) is 2.66. The van der Waals surface area contributed by atoms with E-state index in [4.69, 9.17) is 26.4 Å². The fourth-order valence-electron chi connectivity index (χ4n) is 2.09. The lowest BCUT2D eigenvalue weighted by molar-refractivity contribution is 0.0974. The molecule has 132 valence electrons. The minimum atomic E-state index is -0.391. The second-order valence-corrected chi connectivity index (χ2v) is 6.14. The van der Waals surface area contributed by atoms with Gasteiger partial charge in [0.15, 0.2) is 5.11 Å². The monoisotopic (exact) mass is 424 g/mol. The highest BCUT2D eigenvalue weighted by Gasteiger charge is 2.15. The van der Waals surface area contributed by atoms with Crippen LogP contribution in [0.5, 0.6) is 17.2 Å². The molecule has 2 N–H and O–H groups in total. The average molecular weight is 425 g/mol. The first-order valence-electron chi connectivity index (χ1n) is 7.16. The number of amides is 1. The Bertz CT molecular complexity index is 798. The number of halogens is 1. The Morgan fingerprint density at radius 2 is 1.68 bits per heavy atom. The summed E-state index contributed by atoms with van der Waals surface area (Å²) < 4.78 is 16.4. The summed E-state index contributed by atoms with van der Waals surface area (Å²) in [7, 11) is 4.60. The zero-order valence-corrected chi connectivity index (χ0v) is 16.3. The normalized spacial score (nSPS) is 9.92. The van der Waals surface area contributed by atoms with Crippen LogP contribution in [0.15, 0.2) is 40.9 Å². The smallest absolute Gasteiger partial charge is 0.261 e. The van der Waals surface area contributed by atoms with Crippen molar-refractivity contribution < 1.29 is 19.0 Å². The fraction of sp³-hybridized carbons (Fsp3) is 0.176. The molecular formula is C17H17BrN2O4S. The van der Waals surface area contributed by atoms with Crippen LogP contribution in [-0.2, 0) is 0 Å². The van der Waals surface area contributed by atoms with E-state index in [0.717, 1.165) is 4.47 Å². The number of anilines is 1. The number of thiocarbonyl (C=S) groups is 1. The number of methoxy groups -OCH3 is 3. The molecule has 0 unspecified atom stereocenters. The van der Waals surface area contributed by atoms with Gasteiger partial charge in [0, 0.05) is 10.5 Å². The first-order chi connectivity index (χ1) is 12.0. The molecule has 0 spiro atoms. The van der Waals surface area contributed by atoms with Crippen LogP contribution in [0.4, 0.5) is 5.69 Å². The quantitative estimate of drug-likeness (QED) is 0.714.